The number of alkyl halides is 3. The number of carbonyl (C=O) groups excluding carboxylic acids is 1. The molecule has 4 nitrogen and oxygen atoms in total. The van der Waals surface area contributed by atoms with Crippen LogP contribution in [-0.4, -0.2) is 66.3 Å². The topological polar surface area (TPSA) is 43.8 Å². The average molecular weight is 226 g/mol. The number of piperazine rings is 1. The fourth-order valence-corrected chi connectivity index (χ4v) is 1.50. The van der Waals surface area contributed by atoms with Crippen LogP contribution in [0.5, 0.6) is 0 Å². The molecule has 0 unspecified atom stereocenters. The van der Waals surface area contributed by atoms with Crippen molar-refractivity contribution in [3.63, 3.8) is 0 Å². The monoisotopic (exact) mass is 226 g/mol. The molecule has 0 aromatic carbocycles. The summed E-state index contributed by atoms with van der Waals surface area (Å²) in [6.07, 6.45) is -4.78. The van der Waals surface area contributed by atoms with E-state index < -0.39 is 12.1 Å². The Hall–Kier alpha value is -0.820. The lowest BCUT2D eigenvalue weighted by Crippen LogP contribution is -2.52. The fraction of sp³-hybridized carbons (Fsp3) is 0.875. The van der Waals surface area contributed by atoms with E-state index in [0.29, 0.717) is 19.6 Å². The zero-order valence-electron chi connectivity index (χ0n) is 8.13. The highest BCUT2D eigenvalue weighted by molar-refractivity contribution is 5.81. The second-order valence-corrected chi connectivity index (χ2v) is 3.36. The molecule has 0 spiro atoms. The molecule has 7 heteroatoms. The van der Waals surface area contributed by atoms with Crippen LogP contribution in [0.15, 0.2) is 0 Å². The molecule has 1 N–H and O–H groups in total. The van der Waals surface area contributed by atoms with Gasteiger partial charge in [0.05, 0.1) is 6.61 Å². The zero-order chi connectivity index (χ0) is 11.5. The number of carbonyl (C=O) groups is 1. The highest BCUT2D eigenvalue weighted by Gasteiger charge is 2.42. The van der Waals surface area contributed by atoms with Gasteiger partial charge in [0, 0.05) is 32.7 Å². The predicted octanol–water partition coefficient (Wildman–Crippen LogP) is -0.315. The van der Waals surface area contributed by atoms with E-state index in [0.717, 1.165) is 4.90 Å². The average Bonchev–Trinajstić information content (AvgIpc) is 2.17. The van der Waals surface area contributed by atoms with Gasteiger partial charge in [-0.25, -0.2) is 0 Å². The molecular weight excluding hydrogens is 213 g/mol. The summed E-state index contributed by atoms with van der Waals surface area (Å²) in [5.74, 6) is -1.77. The molecule has 1 rings (SSSR count). The van der Waals surface area contributed by atoms with Gasteiger partial charge in [0.2, 0.25) is 0 Å². The minimum atomic E-state index is -4.78. The van der Waals surface area contributed by atoms with Crippen molar-refractivity contribution >= 4 is 5.91 Å². The summed E-state index contributed by atoms with van der Waals surface area (Å²) in [6.45, 7) is 1.31. The van der Waals surface area contributed by atoms with Crippen LogP contribution in [0.4, 0.5) is 13.2 Å². The van der Waals surface area contributed by atoms with Gasteiger partial charge in [-0.3, -0.25) is 9.69 Å². The van der Waals surface area contributed by atoms with E-state index in [1.54, 1.807) is 0 Å². The summed E-state index contributed by atoms with van der Waals surface area (Å²) in [7, 11) is 0. The number of β-amino-alcohol motifs (C(OH)–C–C–N with tert-alkyl or cyclic N) is 1. The molecule has 88 valence electrons. The van der Waals surface area contributed by atoms with Crippen molar-refractivity contribution in [3.8, 4) is 0 Å². The molecule has 1 saturated heterocycles. The van der Waals surface area contributed by atoms with Gasteiger partial charge in [-0.1, -0.05) is 0 Å². The largest absolute Gasteiger partial charge is 0.471 e. The molecular formula is C8H13F3N2O2. The van der Waals surface area contributed by atoms with Crippen molar-refractivity contribution in [2.24, 2.45) is 0 Å². The number of aliphatic hydroxyl groups is 1. The molecule has 1 amide bonds. The predicted molar refractivity (Wildman–Crippen MR) is 46.2 cm³/mol. The Morgan fingerprint density at radius 3 is 2.13 bits per heavy atom. The van der Waals surface area contributed by atoms with E-state index in [1.165, 1.54) is 0 Å². The summed E-state index contributed by atoms with van der Waals surface area (Å²) in [4.78, 5) is 13.4. The van der Waals surface area contributed by atoms with Gasteiger partial charge < -0.3 is 10.0 Å². The maximum atomic E-state index is 12.0. The van der Waals surface area contributed by atoms with Crippen LogP contribution < -0.4 is 0 Å². The minimum Gasteiger partial charge on any atom is -0.395 e. The number of hydrogen-bond donors (Lipinski definition) is 1. The third-order valence-corrected chi connectivity index (χ3v) is 2.32. The smallest absolute Gasteiger partial charge is 0.395 e. The quantitative estimate of drug-likeness (QED) is 0.702. The van der Waals surface area contributed by atoms with E-state index in [9.17, 15) is 18.0 Å². The molecule has 1 aliphatic rings. The first-order chi connectivity index (χ1) is 6.95. The third-order valence-electron chi connectivity index (χ3n) is 2.32. The van der Waals surface area contributed by atoms with Gasteiger partial charge in [-0.15, -0.1) is 0 Å². The third kappa shape index (κ3) is 3.35. The van der Waals surface area contributed by atoms with Gasteiger partial charge in [-0.05, 0) is 0 Å². The molecule has 15 heavy (non-hydrogen) atoms. The van der Waals surface area contributed by atoms with Crippen molar-refractivity contribution in [2.75, 3.05) is 39.3 Å². The summed E-state index contributed by atoms with van der Waals surface area (Å²) < 4.78 is 36.1. The first-order valence-corrected chi connectivity index (χ1v) is 4.64. The standard InChI is InChI=1S/C8H13F3N2O2/c9-8(10,11)7(15)13-3-1-12(2-4-13)5-6-14/h14H,1-6H2. The Balaban J connectivity index is 2.41. The van der Waals surface area contributed by atoms with Crippen LogP contribution in [0, 0.1) is 0 Å². The normalized spacial score (nSPS) is 19.3. The van der Waals surface area contributed by atoms with E-state index in [1.807, 2.05) is 4.90 Å². The summed E-state index contributed by atoms with van der Waals surface area (Å²) in [6, 6.07) is 0. The lowest BCUT2D eigenvalue weighted by atomic mass is 10.3. The first-order valence-electron chi connectivity index (χ1n) is 4.64. The molecule has 0 atom stereocenters. The number of nitrogens with zero attached hydrogens (tertiary/aromatic N) is 2. The molecule has 0 aliphatic carbocycles. The van der Waals surface area contributed by atoms with Gasteiger partial charge in [0.15, 0.2) is 0 Å². The highest BCUT2D eigenvalue weighted by Crippen LogP contribution is 2.19. The van der Waals surface area contributed by atoms with E-state index >= 15 is 0 Å². The summed E-state index contributed by atoms with van der Waals surface area (Å²) in [5.41, 5.74) is 0. The molecule has 1 aliphatic heterocycles. The Morgan fingerprint density at radius 2 is 1.73 bits per heavy atom. The summed E-state index contributed by atoms with van der Waals surface area (Å²) in [5, 5.41) is 8.62. The molecule has 0 aromatic rings. The van der Waals surface area contributed by atoms with Gasteiger partial charge in [-0.2, -0.15) is 13.2 Å². The number of halogens is 3. The minimum absolute atomic E-state index is 0.0206. The van der Waals surface area contributed by atoms with Gasteiger partial charge in [0.1, 0.15) is 0 Å². The van der Waals surface area contributed by atoms with Crippen molar-refractivity contribution in [2.45, 2.75) is 6.18 Å². The first kappa shape index (κ1) is 12.3. The molecule has 1 heterocycles. The number of rotatable bonds is 2. The van der Waals surface area contributed by atoms with E-state index in [4.69, 9.17) is 5.11 Å². The molecule has 0 saturated carbocycles. The van der Waals surface area contributed by atoms with Crippen molar-refractivity contribution in [3.05, 3.63) is 0 Å². The molecule has 1 fully saturated rings. The van der Waals surface area contributed by atoms with Crippen molar-refractivity contribution in [1.82, 2.24) is 9.80 Å². The molecule has 0 aromatic heterocycles. The van der Waals surface area contributed by atoms with Crippen LogP contribution in [0.3, 0.4) is 0 Å². The number of aliphatic hydroxyl groups excluding tert-OH is 1. The van der Waals surface area contributed by atoms with Crippen LogP contribution >= 0.6 is 0 Å². The highest BCUT2D eigenvalue weighted by atomic mass is 19.4. The lowest BCUT2D eigenvalue weighted by molar-refractivity contribution is -0.187. The van der Waals surface area contributed by atoms with Crippen LogP contribution in [-0.2, 0) is 4.79 Å². The maximum Gasteiger partial charge on any atom is 0.471 e. The van der Waals surface area contributed by atoms with Crippen molar-refractivity contribution in [1.29, 1.82) is 0 Å². The Bertz CT molecular complexity index is 224. The second kappa shape index (κ2) is 4.80. The number of hydrogen-bond acceptors (Lipinski definition) is 3. The van der Waals surface area contributed by atoms with Crippen LogP contribution in [0.1, 0.15) is 0 Å². The maximum absolute atomic E-state index is 12.0. The Morgan fingerprint density at radius 1 is 1.20 bits per heavy atom. The lowest BCUT2D eigenvalue weighted by Gasteiger charge is -2.34. The van der Waals surface area contributed by atoms with E-state index in [2.05, 4.69) is 0 Å². The molecule has 0 bridgehead atoms. The SMILES string of the molecule is O=C(N1CCN(CCO)CC1)C(F)(F)F. The van der Waals surface area contributed by atoms with Crippen LogP contribution in [0.2, 0.25) is 0 Å². The van der Waals surface area contributed by atoms with Gasteiger partial charge in [0.25, 0.3) is 0 Å². The summed E-state index contributed by atoms with van der Waals surface area (Å²) >= 11 is 0. The fourth-order valence-electron chi connectivity index (χ4n) is 1.50. The second-order valence-electron chi connectivity index (χ2n) is 3.36. The van der Waals surface area contributed by atoms with Gasteiger partial charge >= 0.3 is 12.1 Å². The van der Waals surface area contributed by atoms with Crippen LogP contribution in [0.25, 0.3) is 0 Å². The van der Waals surface area contributed by atoms with Crippen molar-refractivity contribution < 1.29 is 23.1 Å². The Kier molecular flexibility index (Phi) is 3.92. The van der Waals surface area contributed by atoms with E-state index in [-0.39, 0.29) is 19.7 Å². The molecule has 0 radical (unpaired) electrons. The number of amides is 1. The Labute approximate surface area is 85.3 Å². The zero-order valence-corrected chi connectivity index (χ0v) is 8.13.